The molecule has 0 radical (unpaired) electrons. The molecule has 0 saturated carbocycles. The van der Waals surface area contributed by atoms with Gasteiger partial charge in [0.2, 0.25) is 5.95 Å². The summed E-state index contributed by atoms with van der Waals surface area (Å²) in [7, 11) is 1.65. The van der Waals surface area contributed by atoms with E-state index >= 15 is 0 Å². The summed E-state index contributed by atoms with van der Waals surface area (Å²) < 4.78 is 16.7. The quantitative estimate of drug-likeness (QED) is 0.566. The van der Waals surface area contributed by atoms with Crippen molar-refractivity contribution in [1.82, 2.24) is 15.2 Å². The molecule has 1 aromatic carbocycles. The summed E-state index contributed by atoms with van der Waals surface area (Å²) in [6.45, 7) is 14.1. The molecule has 3 N–H and O–H groups in total. The lowest BCUT2D eigenvalue weighted by Crippen LogP contribution is -2.21. The zero-order valence-corrected chi connectivity index (χ0v) is 17.5. The molecule has 0 aliphatic rings. The maximum absolute atomic E-state index is 6.12. The van der Waals surface area contributed by atoms with E-state index in [0.717, 1.165) is 22.4 Å². The smallest absolute Gasteiger partial charge is 0.239 e. The van der Waals surface area contributed by atoms with Crippen LogP contribution in [0, 0.1) is 0 Å². The first kappa shape index (κ1) is 21.2. The van der Waals surface area contributed by atoms with Crippen LogP contribution in [0.15, 0.2) is 12.1 Å². The lowest BCUT2D eigenvalue weighted by molar-refractivity contribution is -0.00991. The zero-order chi connectivity index (χ0) is 20.2. The minimum Gasteiger partial charge on any atom is -0.467 e. The third-order valence-electron chi connectivity index (χ3n) is 4.20. The highest BCUT2D eigenvalue weighted by molar-refractivity contribution is 5.64. The highest BCUT2D eigenvalue weighted by atomic mass is 16.7. The molecule has 0 aliphatic carbocycles. The number of H-pyrrole nitrogens is 1. The van der Waals surface area contributed by atoms with E-state index in [1.807, 2.05) is 0 Å². The number of nitrogen functional groups attached to an aromatic ring is 1. The van der Waals surface area contributed by atoms with Crippen molar-refractivity contribution in [3.05, 3.63) is 23.3 Å². The van der Waals surface area contributed by atoms with Gasteiger partial charge in [-0.3, -0.25) is 5.10 Å². The van der Waals surface area contributed by atoms with Gasteiger partial charge in [-0.05, 0) is 23.0 Å². The van der Waals surface area contributed by atoms with Gasteiger partial charge in [0.05, 0.1) is 13.2 Å². The Kier molecular flexibility index (Phi) is 6.49. The maximum Gasteiger partial charge on any atom is 0.239 e. The third-order valence-corrected chi connectivity index (χ3v) is 4.20. The summed E-state index contributed by atoms with van der Waals surface area (Å²) in [5.41, 5.74) is 8.51. The molecule has 1 heterocycles. The predicted molar refractivity (Wildman–Crippen MR) is 107 cm³/mol. The first-order chi connectivity index (χ1) is 12.5. The van der Waals surface area contributed by atoms with E-state index in [4.69, 9.17) is 19.9 Å². The van der Waals surface area contributed by atoms with E-state index in [9.17, 15) is 0 Å². The van der Waals surface area contributed by atoms with Crippen molar-refractivity contribution >= 4 is 5.95 Å². The van der Waals surface area contributed by atoms with Crippen molar-refractivity contribution in [1.29, 1.82) is 0 Å². The number of methoxy groups -OCH3 is 1. The molecule has 2 rings (SSSR count). The van der Waals surface area contributed by atoms with E-state index in [2.05, 4.69) is 68.9 Å². The first-order valence-corrected chi connectivity index (χ1v) is 9.10. The second kappa shape index (κ2) is 8.27. The molecular weight excluding hydrogens is 344 g/mol. The van der Waals surface area contributed by atoms with E-state index in [0.29, 0.717) is 19.0 Å². The van der Waals surface area contributed by atoms with Crippen LogP contribution in [0.5, 0.6) is 5.75 Å². The van der Waals surface area contributed by atoms with Gasteiger partial charge in [-0.25, -0.2) is 0 Å². The number of nitrogens with zero attached hydrogens (tertiary/aromatic N) is 2. The molecule has 7 heteroatoms. The number of aromatic amines is 1. The Morgan fingerprint density at radius 2 is 1.59 bits per heavy atom. The third kappa shape index (κ3) is 5.43. The normalized spacial score (nSPS) is 12.4. The van der Waals surface area contributed by atoms with Gasteiger partial charge >= 0.3 is 0 Å². The minimum absolute atomic E-state index is 0.135. The van der Waals surface area contributed by atoms with Gasteiger partial charge in [0.25, 0.3) is 0 Å². The largest absolute Gasteiger partial charge is 0.467 e. The van der Waals surface area contributed by atoms with Gasteiger partial charge in [-0.1, -0.05) is 41.5 Å². The van der Waals surface area contributed by atoms with E-state index in [1.54, 1.807) is 7.11 Å². The van der Waals surface area contributed by atoms with E-state index in [-0.39, 0.29) is 23.6 Å². The number of aromatic nitrogens is 3. The molecular formula is C20H32N4O3. The molecule has 1 aromatic heterocycles. The van der Waals surface area contributed by atoms with Crippen molar-refractivity contribution in [3.8, 4) is 17.1 Å². The van der Waals surface area contributed by atoms with Gasteiger partial charge in [0.15, 0.2) is 12.6 Å². The van der Waals surface area contributed by atoms with Crippen molar-refractivity contribution in [2.45, 2.75) is 52.4 Å². The van der Waals surface area contributed by atoms with Crippen LogP contribution < -0.4 is 10.5 Å². The zero-order valence-electron chi connectivity index (χ0n) is 17.5. The number of benzene rings is 1. The number of nitrogens with one attached hydrogen (secondary N) is 1. The summed E-state index contributed by atoms with van der Waals surface area (Å²) in [5, 5.41) is 6.86. The van der Waals surface area contributed by atoms with Gasteiger partial charge in [0.1, 0.15) is 5.75 Å². The molecule has 7 nitrogen and oxygen atoms in total. The molecule has 0 amide bonds. The second-order valence-electron chi connectivity index (χ2n) is 8.61. The highest BCUT2D eigenvalue weighted by Gasteiger charge is 2.28. The number of rotatable bonds is 7. The minimum atomic E-state index is -0.135. The number of hydrogen-bond acceptors (Lipinski definition) is 6. The molecule has 27 heavy (non-hydrogen) atoms. The molecule has 0 spiro atoms. The van der Waals surface area contributed by atoms with Crippen LogP contribution in [0.3, 0.4) is 0 Å². The number of nitrogens with two attached hydrogens (primary N) is 1. The van der Waals surface area contributed by atoms with Crippen LogP contribution in [-0.4, -0.2) is 42.3 Å². The molecule has 0 bridgehead atoms. The van der Waals surface area contributed by atoms with Gasteiger partial charge < -0.3 is 19.9 Å². The second-order valence-corrected chi connectivity index (χ2v) is 8.61. The Morgan fingerprint density at radius 1 is 1.00 bits per heavy atom. The number of ether oxygens (including phenoxy) is 3. The first-order valence-electron chi connectivity index (χ1n) is 9.10. The summed E-state index contributed by atoms with van der Waals surface area (Å²) in [5.74, 6) is 1.72. The molecule has 2 aromatic rings. The average molecular weight is 377 g/mol. The summed E-state index contributed by atoms with van der Waals surface area (Å²) >= 11 is 0. The van der Waals surface area contributed by atoms with Crippen LogP contribution in [0.4, 0.5) is 5.95 Å². The summed E-state index contributed by atoms with van der Waals surface area (Å²) in [4.78, 5) is 4.28. The van der Waals surface area contributed by atoms with Crippen LogP contribution in [-0.2, 0) is 20.3 Å². The van der Waals surface area contributed by atoms with Crippen molar-refractivity contribution < 1.29 is 14.2 Å². The monoisotopic (exact) mass is 376 g/mol. The Balaban J connectivity index is 2.51. The van der Waals surface area contributed by atoms with Crippen molar-refractivity contribution in [2.75, 3.05) is 32.9 Å². The number of hydrogen-bond donors (Lipinski definition) is 2. The predicted octanol–water partition coefficient (Wildman–Crippen LogP) is 3.65. The fourth-order valence-electron chi connectivity index (χ4n) is 2.74. The molecule has 0 atom stereocenters. The average Bonchev–Trinajstić information content (AvgIpc) is 2.99. The van der Waals surface area contributed by atoms with Crippen LogP contribution in [0.25, 0.3) is 11.4 Å². The standard InChI is InChI=1S/C20H32N4O3/c1-19(2,3)14-10-13(17-22-18(21)24-23-17)11-15(20(4,5)6)16(14)27-12-26-9-8-25-7/h10-11H,8-9,12H2,1-7H3,(H3,21,22,23,24). The maximum atomic E-state index is 6.12. The SMILES string of the molecule is COCCOCOc1c(C(C)(C)C)cc(-c2nc(N)n[nH]2)cc1C(C)(C)C. The molecule has 0 aliphatic heterocycles. The summed E-state index contributed by atoms with van der Waals surface area (Å²) in [6, 6.07) is 4.17. The highest BCUT2D eigenvalue weighted by Crippen LogP contribution is 2.42. The Labute approximate surface area is 161 Å². The molecule has 0 unspecified atom stereocenters. The van der Waals surface area contributed by atoms with Crippen molar-refractivity contribution in [2.24, 2.45) is 0 Å². The topological polar surface area (TPSA) is 95.3 Å². The van der Waals surface area contributed by atoms with Gasteiger partial charge in [-0.15, -0.1) is 5.10 Å². The van der Waals surface area contributed by atoms with Crippen LogP contribution in [0.1, 0.15) is 52.7 Å². The van der Waals surface area contributed by atoms with E-state index in [1.165, 1.54) is 0 Å². The fraction of sp³-hybridized carbons (Fsp3) is 0.600. The van der Waals surface area contributed by atoms with Crippen LogP contribution >= 0.6 is 0 Å². The Bertz CT molecular complexity index is 722. The summed E-state index contributed by atoms with van der Waals surface area (Å²) in [6.07, 6.45) is 0. The fourth-order valence-corrected chi connectivity index (χ4v) is 2.74. The van der Waals surface area contributed by atoms with E-state index < -0.39 is 0 Å². The lowest BCUT2D eigenvalue weighted by Gasteiger charge is -2.30. The van der Waals surface area contributed by atoms with Gasteiger partial charge in [0, 0.05) is 23.8 Å². The van der Waals surface area contributed by atoms with Gasteiger partial charge in [-0.2, -0.15) is 4.98 Å². The lowest BCUT2D eigenvalue weighted by atomic mass is 9.78. The molecule has 150 valence electrons. The Hall–Kier alpha value is -2.12. The molecule has 0 saturated heterocycles. The number of anilines is 1. The molecule has 0 fully saturated rings. The van der Waals surface area contributed by atoms with Crippen LogP contribution in [0.2, 0.25) is 0 Å². The Morgan fingerprint density at radius 3 is 2.04 bits per heavy atom. The van der Waals surface area contributed by atoms with Crippen molar-refractivity contribution in [3.63, 3.8) is 0 Å².